The fourth-order valence-corrected chi connectivity index (χ4v) is 0.858. The highest BCUT2D eigenvalue weighted by atomic mass is 16.3. The van der Waals surface area contributed by atoms with Crippen LogP contribution in [0.1, 0.15) is 13.8 Å². The number of aliphatic hydroxyl groups excluding tert-OH is 2. The van der Waals surface area contributed by atoms with Crippen LogP contribution in [0, 0.1) is 0 Å². The molecule has 6 nitrogen and oxygen atoms in total. The number of nitrogens with two attached hydrogens (primary N) is 1. The number of carbonyl (C=O) groups is 1. The van der Waals surface area contributed by atoms with Crippen molar-refractivity contribution in [1.29, 1.82) is 0 Å². The maximum atomic E-state index is 10.5. The van der Waals surface area contributed by atoms with Gasteiger partial charge in [-0.05, 0) is 6.92 Å². The Morgan fingerprint density at radius 3 is 2.43 bits per heavy atom. The Bertz CT molecular complexity index is 175. The Labute approximate surface area is 83.5 Å². The number of carbonyl (C=O) groups excluding carboxylic acids is 1. The first-order chi connectivity index (χ1) is 6.45. The van der Waals surface area contributed by atoms with Crippen molar-refractivity contribution in [1.82, 2.24) is 10.6 Å². The van der Waals surface area contributed by atoms with Crippen LogP contribution in [0.15, 0.2) is 0 Å². The summed E-state index contributed by atoms with van der Waals surface area (Å²) in [6.07, 6.45) is -1.75. The molecule has 3 unspecified atom stereocenters. The summed E-state index contributed by atoms with van der Waals surface area (Å²) in [4.78, 5) is 10.5. The summed E-state index contributed by atoms with van der Waals surface area (Å²) in [7, 11) is 0. The Kier molecular flexibility index (Phi) is 6.39. The second-order valence-electron chi connectivity index (χ2n) is 3.20. The van der Waals surface area contributed by atoms with Gasteiger partial charge in [0, 0.05) is 20.0 Å². The van der Waals surface area contributed by atoms with E-state index < -0.39 is 18.4 Å². The topological polar surface area (TPSA) is 108 Å². The average molecular weight is 205 g/mol. The quantitative estimate of drug-likeness (QED) is 0.248. The minimum atomic E-state index is -0.969. The molecule has 14 heavy (non-hydrogen) atoms. The molecule has 3 atom stereocenters. The smallest absolute Gasteiger partial charge is 0.216 e. The Morgan fingerprint density at radius 1 is 1.43 bits per heavy atom. The lowest BCUT2D eigenvalue weighted by Crippen LogP contribution is -2.52. The van der Waals surface area contributed by atoms with E-state index in [1.165, 1.54) is 13.8 Å². The molecule has 0 aromatic heterocycles. The zero-order chi connectivity index (χ0) is 11.1. The molecule has 0 fully saturated rings. The van der Waals surface area contributed by atoms with E-state index in [0.29, 0.717) is 13.1 Å². The summed E-state index contributed by atoms with van der Waals surface area (Å²) < 4.78 is 0. The third-order valence-electron chi connectivity index (χ3n) is 1.77. The van der Waals surface area contributed by atoms with E-state index in [1.807, 2.05) is 0 Å². The maximum absolute atomic E-state index is 10.5. The Morgan fingerprint density at radius 2 is 2.00 bits per heavy atom. The van der Waals surface area contributed by atoms with Crippen molar-refractivity contribution in [3.05, 3.63) is 0 Å². The number of rotatable bonds is 6. The van der Waals surface area contributed by atoms with Crippen molar-refractivity contribution < 1.29 is 15.0 Å². The number of hydrogen-bond donors (Lipinski definition) is 5. The molecule has 0 spiro atoms. The molecule has 0 aliphatic rings. The van der Waals surface area contributed by atoms with Gasteiger partial charge in [-0.2, -0.15) is 0 Å². The van der Waals surface area contributed by atoms with E-state index >= 15 is 0 Å². The van der Waals surface area contributed by atoms with E-state index in [1.54, 1.807) is 0 Å². The molecule has 1 amide bonds. The van der Waals surface area contributed by atoms with Crippen LogP contribution in [0.2, 0.25) is 0 Å². The van der Waals surface area contributed by atoms with Crippen LogP contribution in [0.4, 0.5) is 0 Å². The molecule has 0 aromatic carbocycles. The molecule has 0 saturated heterocycles. The maximum Gasteiger partial charge on any atom is 0.216 e. The monoisotopic (exact) mass is 205 g/mol. The third-order valence-corrected chi connectivity index (χ3v) is 1.77. The average Bonchev–Trinajstić information content (AvgIpc) is 2.10. The molecular formula is C8H19N3O3. The van der Waals surface area contributed by atoms with E-state index in [4.69, 9.17) is 10.8 Å². The van der Waals surface area contributed by atoms with Gasteiger partial charge in [-0.3, -0.25) is 10.1 Å². The molecule has 0 aliphatic heterocycles. The standard InChI is InChI=1S/C8H19N3O3/c1-5(12)7(9)8(14)11-4-3-10-6(2)13/h5,7-8,11-12,14H,3-4,9H2,1-2H3,(H,10,13). The SMILES string of the molecule is CC(=O)NCCNC(O)C(N)C(C)O. The molecule has 84 valence electrons. The van der Waals surface area contributed by atoms with Gasteiger partial charge in [0.1, 0.15) is 6.23 Å². The van der Waals surface area contributed by atoms with Gasteiger partial charge in [0.2, 0.25) is 5.91 Å². The van der Waals surface area contributed by atoms with Gasteiger partial charge >= 0.3 is 0 Å². The normalized spacial score (nSPS) is 17.2. The van der Waals surface area contributed by atoms with Crippen LogP contribution in [0.3, 0.4) is 0 Å². The van der Waals surface area contributed by atoms with Gasteiger partial charge in [0.05, 0.1) is 12.1 Å². The highest BCUT2D eigenvalue weighted by Crippen LogP contribution is 1.92. The van der Waals surface area contributed by atoms with Gasteiger partial charge in [0.15, 0.2) is 0 Å². The second-order valence-corrected chi connectivity index (χ2v) is 3.20. The van der Waals surface area contributed by atoms with E-state index in [2.05, 4.69) is 10.6 Å². The first-order valence-corrected chi connectivity index (χ1v) is 4.54. The predicted octanol–water partition coefficient (Wildman–Crippen LogP) is -2.26. The van der Waals surface area contributed by atoms with Crippen molar-refractivity contribution in [2.45, 2.75) is 32.2 Å². The predicted molar refractivity (Wildman–Crippen MR) is 52.3 cm³/mol. The van der Waals surface area contributed by atoms with E-state index in [0.717, 1.165) is 0 Å². The van der Waals surface area contributed by atoms with Crippen LogP contribution in [0.5, 0.6) is 0 Å². The minimum absolute atomic E-state index is 0.124. The summed E-state index contributed by atoms with van der Waals surface area (Å²) in [5.41, 5.74) is 5.45. The highest BCUT2D eigenvalue weighted by Gasteiger charge is 2.18. The highest BCUT2D eigenvalue weighted by molar-refractivity contribution is 5.72. The van der Waals surface area contributed by atoms with Crippen LogP contribution < -0.4 is 16.4 Å². The van der Waals surface area contributed by atoms with Crippen molar-refractivity contribution >= 4 is 5.91 Å². The lowest BCUT2D eigenvalue weighted by Gasteiger charge is -2.22. The Balaban J connectivity index is 3.53. The lowest BCUT2D eigenvalue weighted by molar-refractivity contribution is -0.118. The zero-order valence-electron chi connectivity index (χ0n) is 8.53. The van der Waals surface area contributed by atoms with Gasteiger partial charge in [-0.15, -0.1) is 0 Å². The summed E-state index contributed by atoms with van der Waals surface area (Å²) >= 11 is 0. The van der Waals surface area contributed by atoms with E-state index in [-0.39, 0.29) is 5.91 Å². The minimum Gasteiger partial charge on any atom is -0.392 e. The van der Waals surface area contributed by atoms with Gasteiger partial charge in [0.25, 0.3) is 0 Å². The Hall–Kier alpha value is -0.690. The summed E-state index contributed by atoms with van der Waals surface area (Å²) in [5, 5.41) is 23.6. The van der Waals surface area contributed by atoms with Crippen LogP contribution in [0.25, 0.3) is 0 Å². The fourth-order valence-electron chi connectivity index (χ4n) is 0.858. The van der Waals surface area contributed by atoms with Gasteiger partial charge < -0.3 is 21.3 Å². The van der Waals surface area contributed by atoms with Crippen molar-refractivity contribution in [3.63, 3.8) is 0 Å². The molecule has 0 rings (SSSR count). The molecular weight excluding hydrogens is 186 g/mol. The molecule has 0 aromatic rings. The third kappa shape index (κ3) is 5.87. The molecule has 0 bridgehead atoms. The molecule has 0 radical (unpaired) electrons. The zero-order valence-corrected chi connectivity index (χ0v) is 8.53. The van der Waals surface area contributed by atoms with Crippen molar-refractivity contribution in [3.8, 4) is 0 Å². The first kappa shape index (κ1) is 13.3. The molecule has 0 aliphatic carbocycles. The first-order valence-electron chi connectivity index (χ1n) is 4.54. The van der Waals surface area contributed by atoms with Gasteiger partial charge in [-0.1, -0.05) is 0 Å². The van der Waals surface area contributed by atoms with Crippen LogP contribution in [-0.4, -0.2) is 47.6 Å². The second kappa shape index (κ2) is 6.72. The lowest BCUT2D eigenvalue weighted by atomic mass is 10.2. The van der Waals surface area contributed by atoms with E-state index in [9.17, 15) is 9.90 Å². The summed E-state index contributed by atoms with van der Waals surface area (Å²) in [6, 6.07) is -0.729. The summed E-state index contributed by atoms with van der Waals surface area (Å²) in [6.45, 7) is 3.74. The molecule has 6 N–H and O–H groups in total. The van der Waals surface area contributed by atoms with Gasteiger partial charge in [-0.25, -0.2) is 0 Å². The number of amides is 1. The van der Waals surface area contributed by atoms with Crippen molar-refractivity contribution in [2.75, 3.05) is 13.1 Å². The molecule has 6 heteroatoms. The number of nitrogens with one attached hydrogen (secondary N) is 2. The molecule has 0 saturated carbocycles. The van der Waals surface area contributed by atoms with Crippen molar-refractivity contribution in [2.24, 2.45) is 5.73 Å². The van der Waals surface area contributed by atoms with Crippen LogP contribution >= 0.6 is 0 Å². The fraction of sp³-hybridized carbons (Fsp3) is 0.875. The number of aliphatic hydroxyl groups is 2. The van der Waals surface area contributed by atoms with Crippen LogP contribution in [-0.2, 0) is 4.79 Å². The largest absolute Gasteiger partial charge is 0.392 e. The number of hydrogen-bond acceptors (Lipinski definition) is 5. The summed E-state index contributed by atoms with van der Waals surface area (Å²) in [5.74, 6) is -0.124. The molecule has 0 heterocycles.